The quantitative estimate of drug-likeness (QED) is 0.742. The van der Waals surface area contributed by atoms with Crippen molar-refractivity contribution in [3.05, 3.63) is 23.9 Å². The van der Waals surface area contributed by atoms with Crippen LogP contribution in [-0.4, -0.2) is 23.4 Å². The van der Waals surface area contributed by atoms with Gasteiger partial charge in [0.15, 0.2) is 0 Å². The molecule has 0 atom stereocenters. The molecule has 2 aromatic heterocycles. The van der Waals surface area contributed by atoms with Gasteiger partial charge in [-0.15, -0.1) is 0 Å². The summed E-state index contributed by atoms with van der Waals surface area (Å²) in [4.78, 5) is 17.6. The van der Waals surface area contributed by atoms with Gasteiger partial charge >= 0.3 is 0 Å². The summed E-state index contributed by atoms with van der Waals surface area (Å²) in [6.07, 6.45) is 3.09. The van der Waals surface area contributed by atoms with Crippen molar-refractivity contribution >= 4 is 17.3 Å². The highest BCUT2D eigenvalue weighted by molar-refractivity contribution is 5.82. The molecule has 1 N–H and O–H groups in total. The standard InChI is InChI=1S/C10H10N2O2/c1-14-9-3-2-8-7(4-5-13)6-11-10(8)12-9/h2-3,5-6H,4H2,1H3,(H,11,12). The third-order valence-corrected chi connectivity index (χ3v) is 2.11. The molecule has 0 bridgehead atoms. The molecule has 0 spiro atoms. The summed E-state index contributed by atoms with van der Waals surface area (Å²) in [5.41, 5.74) is 1.71. The van der Waals surface area contributed by atoms with Gasteiger partial charge in [0.05, 0.1) is 7.11 Å². The predicted octanol–water partition coefficient (Wildman–Crippen LogP) is 1.31. The van der Waals surface area contributed by atoms with Gasteiger partial charge in [0, 0.05) is 24.1 Å². The minimum absolute atomic E-state index is 0.411. The van der Waals surface area contributed by atoms with Crippen molar-refractivity contribution < 1.29 is 9.53 Å². The number of carbonyl (C=O) groups excluding carboxylic acids is 1. The number of fused-ring (bicyclic) bond motifs is 1. The monoisotopic (exact) mass is 190 g/mol. The number of aromatic nitrogens is 2. The molecule has 0 fully saturated rings. The largest absolute Gasteiger partial charge is 0.481 e. The van der Waals surface area contributed by atoms with Crippen LogP contribution in [0.25, 0.3) is 11.0 Å². The molecule has 4 heteroatoms. The van der Waals surface area contributed by atoms with E-state index < -0.39 is 0 Å². The molecule has 0 saturated carbocycles. The molecule has 14 heavy (non-hydrogen) atoms. The van der Waals surface area contributed by atoms with Crippen molar-refractivity contribution in [2.75, 3.05) is 7.11 Å². The number of nitrogens with zero attached hydrogens (tertiary/aromatic N) is 1. The molecule has 0 unspecified atom stereocenters. The van der Waals surface area contributed by atoms with E-state index in [1.54, 1.807) is 19.4 Å². The lowest BCUT2D eigenvalue weighted by Gasteiger charge is -1.97. The van der Waals surface area contributed by atoms with Crippen molar-refractivity contribution in [2.24, 2.45) is 0 Å². The van der Waals surface area contributed by atoms with E-state index >= 15 is 0 Å². The van der Waals surface area contributed by atoms with Gasteiger partial charge < -0.3 is 14.5 Å². The van der Waals surface area contributed by atoms with E-state index in [0.717, 1.165) is 22.9 Å². The van der Waals surface area contributed by atoms with Crippen LogP contribution >= 0.6 is 0 Å². The zero-order valence-electron chi connectivity index (χ0n) is 7.78. The van der Waals surface area contributed by atoms with E-state index in [1.807, 2.05) is 6.07 Å². The van der Waals surface area contributed by atoms with Crippen molar-refractivity contribution in [3.8, 4) is 5.88 Å². The Morgan fingerprint density at radius 1 is 1.57 bits per heavy atom. The van der Waals surface area contributed by atoms with Crippen LogP contribution in [0.5, 0.6) is 5.88 Å². The fourth-order valence-corrected chi connectivity index (χ4v) is 1.42. The van der Waals surface area contributed by atoms with Crippen LogP contribution in [0.3, 0.4) is 0 Å². The Morgan fingerprint density at radius 3 is 3.14 bits per heavy atom. The summed E-state index contributed by atoms with van der Waals surface area (Å²) in [7, 11) is 1.57. The highest BCUT2D eigenvalue weighted by Crippen LogP contribution is 2.19. The van der Waals surface area contributed by atoms with Gasteiger partial charge in [-0.2, -0.15) is 4.98 Å². The Balaban J connectivity index is 2.53. The summed E-state index contributed by atoms with van der Waals surface area (Å²) in [6.45, 7) is 0. The van der Waals surface area contributed by atoms with Crippen molar-refractivity contribution in [3.63, 3.8) is 0 Å². The number of aldehydes is 1. The molecule has 2 heterocycles. The van der Waals surface area contributed by atoms with Crippen molar-refractivity contribution in [2.45, 2.75) is 6.42 Å². The molecule has 4 nitrogen and oxygen atoms in total. The Labute approximate surface area is 80.9 Å². The molecule has 0 amide bonds. The second-order valence-corrected chi connectivity index (χ2v) is 2.93. The fraction of sp³-hybridized carbons (Fsp3) is 0.200. The van der Waals surface area contributed by atoms with Gasteiger partial charge in [0.25, 0.3) is 0 Å². The molecule has 2 aromatic rings. The number of methoxy groups -OCH3 is 1. The Morgan fingerprint density at radius 2 is 2.43 bits per heavy atom. The van der Waals surface area contributed by atoms with Gasteiger partial charge in [-0.3, -0.25) is 0 Å². The van der Waals surface area contributed by atoms with Gasteiger partial charge in [-0.1, -0.05) is 0 Å². The summed E-state index contributed by atoms with van der Waals surface area (Å²) in [5.74, 6) is 0.567. The number of hydrogen-bond acceptors (Lipinski definition) is 3. The first-order chi connectivity index (χ1) is 6.85. The SMILES string of the molecule is COc1ccc2c(CC=O)c[nH]c2n1. The van der Waals surface area contributed by atoms with Gasteiger partial charge in [0.2, 0.25) is 5.88 Å². The molecule has 0 aromatic carbocycles. The minimum atomic E-state index is 0.411. The molecule has 0 aliphatic carbocycles. The van der Waals surface area contributed by atoms with Gasteiger partial charge in [-0.05, 0) is 11.6 Å². The van der Waals surface area contributed by atoms with Crippen molar-refractivity contribution in [1.82, 2.24) is 9.97 Å². The van der Waals surface area contributed by atoms with E-state index in [4.69, 9.17) is 4.74 Å². The van der Waals surface area contributed by atoms with Crippen LogP contribution in [0.2, 0.25) is 0 Å². The van der Waals surface area contributed by atoms with Crippen LogP contribution in [0.15, 0.2) is 18.3 Å². The molecule has 72 valence electrons. The molecular formula is C10H10N2O2. The van der Waals surface area contributed by atoms with Crippen LogP contribution in [0.4, 0.5) is 0 Å². The second-order valence-electron chi connectivity index (χ2n) is 2.93. The summed E-state index contributed by atoms with van der Waals surface area (Å²) in [6, 6.07) is 3.68. The van der Waals surface area contributed by atoms with Gasteiger partial charge in [0.1, 0.15) is 11.9 Å². The zero-order chi connectivity index (χ0) is 9.97. The first kappa shape index (κ1) is 8.74. The number of aromatic amines is 1. The molecular weight excluding hydrogens is 180 g/mol. The average molecular weight is 190 g/mol. The molecule has 2 rings (SSSR count). The third-order valence-electron chi connectivity index (χ3n) is 2.11. The van der Waals surface area contributed by atoms with Crippen LogP contribution < -0.4 is 4.74 Å². The topological polar surface area (TPSA) is 55.0 Å². The van der Waals surface area contributed by atoms with E-state index in [0.29, 0.717) is 12.3 Å². The number of hydrogen-bond donors (Lipinski definition) is 1. The minimum Gasteiger partial charge on any atom is -0.481 e. The Bertz CT molecular complexity index is 462. The number of carbonyl (C=O) groups is 1. The first-order valence-corrected chi connectivity index (χ1v) is 4.30. The number of ether oxygens (including phenoxy) is 1. The maximum atomic E-state index is 10.4. The highest BCUT2D eigenvalue weighted by Gasteiger charge is 2.04. The normalized spacial score (nSPS) is 10.4. The Kier molecular flexibility index (Phi) is 2.18. The lowest BCUT2D eigenvalue weighted by molar-refractivity contribution is -0.107. The smallest absolute Gasteiger partial charge is 0.214 e. The van der Waals surface area contributed by atoms with E-state index in [-0.39, 0.29) is 0 Å². The number of rotatable bonds is 3. The molecule has 0 saturated heterocycles. The van der Waals surface area contributed by atoms with Crippen LogP contribution in [-0.2, 0) is 11.2 Å². The number of nitrogens with one attached hydrogen (secondary N) is 1. The second kappa shape index (κ2) is 3.49. The highest BCUT2D eigenvalue weighted by atomic mass is 16.5. The molecule has 0 aliphatic heterocycles. The number of pyridine rings is 1. The van der Waals surface area contributed by atoms with E-state index in [2.05, 4.69) is 9.97 Å². The molecule has 0 radical (unpaired) electrons. The van der Waals surface area contributed by atoms with Crippen molar-refractivity contribution in [1.29, 1.82) is 0 Å². The Hall–Kier alpha value is -1.84. The molecule has 0 aliphatic rings. The van der Waals surface area contributed by atoms with Crippen LogP contribution in [0.1, 0.15) is 5.56 Å². The maximum Gasteiger partial charge on any atom is 0.214 e. The maximum absolute atomic E-state index is 10.4. The predicted molar refractivity (Wildman–Crippen MR) is 52.4 cm³/mol. The summed E-state index contributed by atoms with van der Waals surface area (Å²) < 4.78 is 4.99. The van der Waals surface area contributed by atoms with Gasteiger partial charge in [-0.25, -0.2) is 0 Å². The summed E-state index contributed by atoms with van der Waals surface area (Å²) in [5, 5.41) is 0.970. The van der Waals surface area contributed by atoms with E-state index in [9.17, 15) is 4.79 Å². The lowest BCUT2D eigenvalue weighted by atomic mass is 10.2. The third kappa shape index (κ3) is 1.35. The number of H-pyrrole nitrogens is 1. The fourth-order valence-electron chi connectivity index (χ4n) is 1.42. The first-order valence-electron chi connectivity index (χ1n) is 4.30. The average Bonchev–Trinajstić information content (AvgIpc) is 2.61. The summed E-state index contributed by atoms with van der Waals surface area (Å²) >= 11 is 0. The van der Waals surface area contributed by atoms with Crippen LogP contribution in [0, 0.1) is 0 Å². The van der Waals surface area contributed by atoms with E-state index in [1.165, 1.54) is 0 Å². The zero-order valence-corrected chi connectivity index (χ0v) is 7.78. The lowest BCUT2D eigenvalue weighted by Crippen LogP contribution is -1.87.